The summed E-state index contributed by atoms with van der Waals surface area (Å²) in [5.74, 6) is -0.133. The predicted octanol–water partition coefficient (Wildman–Crippen LogP) is -0.928. The van der Waals surface area contributed by atoms with Crippen LogP contribution < -0.4 is 10.6 Å². The number of hydrogen-bond acceptors (Lipinski definition) is 5. The highest BCUT2D eigenvalue weighted by Gasteiger charge is 2.24. The van der Waals surface area contributed by atoms with Crippen molar-refractivity contribution < 1.29 is 14.4 Å². The molecule has 2 heterocycles. The number of carbonyl (C=O) groups is 3. The van der Waals surface area contributed by atoms with Crippen LogP contribution >= 0.6 is 0 Å². The smallest absolute Gasteiger partial charge is 0.321 e. The number of amides is 4. The molecule has 8 nitrogen and oxygen atoms in total. The van der Waals surface area contributed by atoms with Crippen molar-refractivity contribution >= 4 is 17.8 Å². The number of imide groups is 1. The van der Waals surface area contributed by atoms with Crippen LogP contribution in [0.5, 0.6) is 0 Å². The zero-order valence-corrected chi connectivity index (χ0v) is 13.8. The van der Waals surface area contributed by atoms with Crippen molar-refractivity contribution in [1.82, 2.24) is 25.3 Å². The van der Waals surface area contributed by atoms with Crippen LogP contribution in [0, 0.1) is 0 Å². The van der Waals surface area contributed by atoms with Crippen molar-refractivity contribution in [3.05, 3.63) is 0 Å². The molecule has 0 atom stereocenters. The summed E-state index contributed by atoms with van der Waals surface area (Å²) in [4.78, 5) is 41.3. The van der Waals surface area contributed by atoms with E-state index in [1.54, 1.807) is 6.92 Å². The maximum Gasteiger partial charge on any atom is 0.321 e. The Kier molecular flexibility index (Phi) is 6.79. The zero-order chi connectivity index (χ0) is 16.7. The van der Waals surface area contributed by atoms with E-state index in [0.29, 0.717) is 39.3 Å². The summed E-state index contributed by atoms with van der Waals surface area (Å²) in [6.07, 6.45) is 2.36. The van der Waals surface area contributed by atoms with E-state index in [9.17, 15) is 14.4 Å². The number of nitrogens with zero attached hydrogens (tertiary/aromatic N) is 3. The standard InChI is InChI=1S/C15H27N5O3/c1-2-16-15(23)17-13(21)11-19-7-9-20(10-8-19)14(22)12-18-5-3-4-6-18/h2-12H2,1H3,(H2,16,17,21,23). The van der Waals surface area contributed by atoms with Crippen molar-refractivity contribution in [2.24, 2.45) is 0 Å². The molecule has 0 aliphatic carbocycles. The van der Waals surface area contributed by atoms with Crippen LogP contribution in [-0.4, -0.2) is 91.4 Å². The molecule has 0 saturated carbocycles. The molecule has 2 saturated heterocycles. The van der Waals surface area contributed by atoms with Crippen LogP contribution in [-0.2, 0) is 9.59 Å². The number of urea groups is 1. The summed E-state index contributed by atoms with van der Waals surface area (Å²) in [6, 6.07) is -0.461. The Hall–Kier alpha value is -1.67. The Morgan fingerprint density at radius 2 is 1.48 bits per heavy atom. The Labute approximate surface area is 137 Å². The molecule has 2 fully saturated rings. The second-order valence-corrected chi connectivity index (χ2v) is 6.05. The average Bonchev–Trinajstić information content (AvgIpc) is 3.00. The van der Waals surface area contributed by atoms with Gasteiger partial charge in [-0.1, -0.05) is 0 Å². The van der Waals surface area contributed by atoms with Gasteiger partial charge in [0.15, 0.2) is 0 Å². The summed E-state index contributed by atoms with van der Waals surface area (Å²) < 4.78 is 0. The third kappa shape index (κ3) is 5.80. The minimum absolute atomic E-state index is 0.179. The number of rotatable bonds is 5. The molecule has 2 rings (SSSR count). The summed E-state index contributed by atoms with van der Waals surface area (Å²) in [5, 5.41) is 4.82. The molecule has 2 aliphatic heterocycles. The molecule has 0 bridgehead atoms. The van der Waals surface area contributed by atoms with Gasteiger partial charge in [-0.3, -0.25) is 24.7 Å². The molecule has 2 aliphatic rings. The van der Waals surface area contributed by atoms with E-state index in [0.717, 1.165) is 13.1 Å². The number of likely N-dealkylation sites (tertiary alicyclic amines) is 1. The third-order valence-corrected chi connectivity index (χ3v) is 4.24. The van der Waals surface area contributed by atoms with Gasteiger partial charge in [0.25, 0.3) is 0 Å². The van der Waals surface area contributed by atoms with Crippen molar-refractivity contribution in [2.75, 3.05) is 58.9 Å². The fourth-order valence-electron chi connectivity index (χ4n) is 2.96. The van der Waals surface area contributed by atoms with Crippen molar-refractivity contribution in [2.45, 2.75) is 19.8 Å². The lowest BCUT2D eigenvalue weighted by atomic mass is 10.3. The van der Waals surface area contributed by atoms with Crippen LogP contribution in [0.1, 0.15) is 19.8 Å². The highest BCUT2D eigenvalue weighted by atomic mass is 16.2. The third-order valence-electron chi connectivity index (χ3n) is 4.24. The van der Waals surface area contributed by atoms with Gasteiger partial charge in [-0.15, -0.1) is 0 Å². The van der Waals surface area contributed by atoms with E-state index in [-0.39, 0.29) is 18.4 Å². The fraction of sp³-hybridized carbons (Fsp3) is 0.800. The molecule has 8 heteroatoms. The van der Waals surface area contributed by atoms with Gasteiger partial charge in [-0.05, 0) is 32.9 Å². The highest BCUT2D eigenvalue weighted by molar-refractivity contribution is 5.95. The SMILES string of the molecule is CCNC(=O)NC(=O)CN1CCN(C(=O)CN2CCCC2)CC1. The summed E-state index contributed by atoms with van der Waals surface area (Å²) >= 11 is 0. The lowest BCUT2D eigenvalue weighted by Gasteiger charge is -2.35. The van der Waals surface area contributed by atoms with Crippen LogP contribution in [0.4, 0.5) is 4.79 Å². The normalized spacial score (nSPS) is 19.6. The van der Waals surface area contributed by atoms with Gasteiger partial charge in [0.05, 0.1) is 13.1 Å². The number of piperazine rings is 1. The van der Waals surface area contributed by atoms with E-state index in [2.05, 4.69) is 15.5 Å². The fourth-order valence-corrected chi connectivity index (χ4v) is 2.96. The Morgan fingerprint density at radius 1 is 0.870 bits per heavy atom. The molecule has 0 aromatic carbocycles. The molecule has 4 amide bonds. The van der Waals surface area contributed by atoms with Crippen LogP contribution in [0.2, 0.25) is 0 Å². The van der Waals surface area contributed by atoms with E-state index in [1.807, 2.05) is 9.80 Å². The van der Waals surface area contributed by atoms with Gasteiger partial charge in [0, 0.05) is 32.7 Å². The summed E-state index contributed by atoms with van der Waals surface area (Å²) in [7, 11) is 0. The van der Waals surface area contributed by atoms with Gasteiger partial charge >= 0.3 is 6.03 Å². The molecule has 0 unspecified atom stereocenters. The molecular formula is C15H27N5O3. The monoisotopic (exact) mass is 325 g/mol. The Morgan fingerprint density at radius 3 is 2.09 bits per heavy atom. The van der Waals surface area contributed by atoms with Crippen molar-refractivity contribution in [3.63, 3.8) is 0 Å². The lowest BCUT2D eigenvalue weighted by molar-refractivity contribution is -0.134. The zero-order valence-electron chi connectivity index (χ0n) is 13.8. The Balaban J connectivity index is 1.65. The average molecular weight is 325 g/mol. The van der Waals surface area contributed by atoms with Crippen molar-refractivity contribution in [3.8, 4) is 0 Å². The number of hydrogen-bond donors (Lipinski definition) is 2. The van der Waals surface area contributed by atoms with Gasteiger partial charge in [-0.25, -0.2) is 4.79 Å². The number of nitrogens with one attached hydrogen (secondary N) is 2. The quantitative estimate of drug-likeness (QED) is 0.682. The molecule has 0 aromatic heterocycles. The molecule has 23 heavy (non-hydrogen) atoms. The van der Waals surface area contributed by atoms with Crippen molar-refractivity contribution in [1.29, 1.82) is 0 Å². The van der Waals surface area contributed by atoms with E-state index in [4.69, 9.17) is 0 Å². The molecular weight excluding hydrogens is 298 g/mol. The first kappa shape index (κ1) is 17.7. The maximum atomic E-state index is 12.2. The van der Waals surface area contributed by atoms with Crippen LogP contribution in [0.25, 0.3) is 0 Å². The largest absolute Gasteiger partial charge is 0.339 e. The van der Waals surface area contributed by atoms with Gasteiger partial charge in [0.1, 0.15) is 0 Å². The second-order valence-electron chi connectivity index (χ2n) is 6.05. The first-order chi connectivity index (χ1) is 11.1. The van der Waals surface area contributed by atoms with Crippen LogP contribution in [0.15, 0.2) is 0 Å². The Bertz CT molecular complexity index is 429. The van der Waals surface area contributed by atoms with E-state index >= 15 is 0 Å². The lowest BCUT2D eigenvalue weighted by Crippen LogP contribution is -2.53. The van der Waals surface area contributed by atoms with E-state index < -0.39 is 6.03 Å². The molecule has 130 valence electrons. The molecule has 0 aromatic rings. The van der Waals surface area contributed by atoms with E-state index in [1.165, 1.54) is 12.8 Å². The second kappa shape index (κ2) is 8.83. The molecule has 2 N–H and O–H groups in total. The van der Waals surface area contributed by atoms with Gasteiger partial charge in [0.2, 0.25) is 11.8 Å². The summed E-state index contributed by atoms with van der Waals surface area (Å²) in [5.41, 5.74) is 0. The summed E-state index contributed by atoms with van der Waals surface area (Å²) in [6.45, 7) is 7.62. The maximum absolute atomic E-state index is 12.2. The first-order valence-electron chi connectivity index (χ1n) is 8.38. The van der Waals surface area contributed by atoms with Crippen LogP contribution in [0.3, 0.4) is 0 Å². The first-order valence-corrected chi connectivity index (χ1v) is 8.38. The molecule has 0 radical (unpaired) electrons. The number of carbonyl (C=O) groups excluding carboxylic acids is 3. The minimum Gasteiger partial charge on any atom is -0.339 e. The van der Waals surface area contributed by atoms with Gasteiger partial charge in [-0.2, -0.15) is 0 Å². The predicted molar refractivity (Wildman–Crippen MR) is 85.9 cm³/mol. The van der Waals surface area contributed by atoms with Gasteiger partial charge < -0.3 is 10.2 Å². The minimum atomic E-state index is -0.461. The topological polar surface area (TPSA) is 85.0 Å². The molecule has 0 spiro atoms. The highest BCUT2D eigenvalue weighted by Crippen LogP contribution is 2.08.